The van der Waals surface area contributed by atoms with E-state index in [9.17, 15) is 31.9 Å². The number of halogens is 4. The molecule has 0 bridgehead atoms. The highest BCUT2D eigenvalue weighted by molar-refractivity contribution is 6.05. The molecule has 3 aromatic carbocycles. The highest BCUT2D eigenvalue weighted by Gasteiger charge is 2.41. The fourth-order valence-electron chi connectivity index (χ4n) is 6.19. The average molecular weight is 596 g/mol. The van der Waals surface area contributed by atoms with Crippen LogP contribution in [0.2, 0.25) is 0 Å². The van der Waals surface area contributed by atoms with Crippen LogP contribution in [-0.4, -0.2) is 46.7 Å². The van der Waals surface area contributed by atoms with Gasteiger partial charge in [0.25, 0.3) is 5.91 Å². The smallest absolute Gasteiger partial charge is 0.416 e. The van der Waals surface area contributed by atoms with Crippen LogP contribution in [0.4, 0.5) is 17.6 Å². The maximum Gasteiger partial charge on any atom is 0.416 e. The van der Waals surface area contributed by atoms with Crippen LogP contribution in [0.3, 0.4) is 0 Å². The van der Waals surface area contributed by atoms with Crippen LogP contribution in [0.25, 0.3) is 0 Å². The van der Waals surface area contributed by atoms with Gasteiger partial charge < -0.3 is 9.64 Å². The minimum atomic E-state index is -4.40. The molecular weight excluding hydrogens is 566 g/mol. The molecular formula is C32H29F4N3O4. The van der Waals surface area contributed by atoms with Crippen LogP contribution < -0.4 is 10.1 Å². The molecule has 0 aromatic heterocycles. The number of hydrogen-bond acceptors (Lipinski definition) is 5. The molecule has 7 nitrogen and oxygen atoms in total. The fraction of sp³-hybridized carbons (Fsp3) is 0.344. The van der Waals surface area contributed by atoms with E-state index >= 15 is 0 Å². The molecule has 6 rings (SSSR count). The highest BCUT2D eigenvalue weighted by atomic mass is 19.4. The molecule has 224 valence electrons. The van der Waals surface area contributed by atoms with Crippen molar-refractivity contribution in [2.24, 2.45) is 0 Å². The fourth-order valence-corrected chi connectivity index (χ4v) is 6.19. The Morgan fingerprint density at radius 3 is 2.16 bits per heavy atom. The number of nitrogens with one attached hydrogen (secondary N) is 1. The van der Waals surface area contributed by atoms with Crippen molar-refractivity contribution in [3.63, 3.8) is 0 Å². The Balaban J connectivity index is 1.06. The molecule has 3 aromatic rings. The van der Waals surface area contributed by atoms with Gasteiger partial charge in [0, 0.05) is 25.1 Å². The quantitative estimate of drug-likeness (QED) is 0.289. The summed E-state index contributed by atoms with van der Waals surface area (Å²) >= 11 is 0. The van der Waals surface area contributed by atoms with Crippen molar-refractivity contribution in [1.82, 2.24) is 15.1 Å². The number of carbonyl (C=O) groups is 3. The third-order valence-electron chi connectivity index (χ3n) is 8.43. The van der Waals surface area contributed by atoms with Gasteiger partial charge in [-0.1, -0.05) is 12.1 Å². The lowest BCUT2D eigenvalue weighted by molar-refractivity contribution is -0.138. The Labute approximate surface area is 245 Å². The predicted molar refractivity (Wildman–Crippen MR) is 148 cm³/mol. The number of benzene rings is 3. The molecule has 43 heavy (non-hydrogen) atoms. The molecule has 3 amide bonds. The largest absolute Gasteiger partial charge is 0.457 e. The topological polar surface area (TPSA) is 79.0 Å². The molecule has 1 unspecified atom stereocenters. The SMILES string of the molecule is O=C1CCC(N2Cc3c(cc(F)cc3C3CCN(Cc4ccc(Oc5ccc(C(F)(F)F)cc5)cc4)CC3)C2=O)C(=O)N1. The molecule has 3 aliphatic heterocycles. The molecule has 3 heterocycles. The van der Waals surface area contributed by atoms with E-state index in [0.717, 1.165) is 54.8 Å². The Morgan fingerprint density at radius 1 is 0.884 bits per heavy atom. The summed E-state index contributed by atoms with van der Waals surface area (Å²) in [6.45, 7) is 2.45. The summed E-state index contributed by atoms with van der Waals surface area (Å²) in [4.78, 5) is 40.9. The van der Waals surface area contributed by atoms with Gasteiger partial charge in [-0.05, 0) is 103 Å². The van der Waals surface area contributed by atoms with Gasteiger partial charge in [0.2, 0.25) is 11.8 Å². The van der Waals surface area contributed by atoms with Crippen molar-refractivity contribution in [3.05, 3.63) is 94.3 Å². The van der Waals surface area contributed by atoms with Crippen molar-refractivity contribution in [2.75, 3.05) is 13.1 Å². The standard InChI is InChI=1S/C32H29F4N3O4/c33-22-15-25(27-18-39(31(42)26(27)16-22)28-9-10-29(40)37-30(28)41)20-11-13-38(14-12-20)17-19-1-5-23(6-2-19)43-24-7-3-21(4-8-24)32(34,35)36/h1-8,15-16,20,28H,9-14,17-18H2,(H,37,40,41). The van der Waals surface area contributed by atoms with Crippen LogP contribution in [0.1, 0.15) is 64.2 Å². The summed E-state index contributed by atoms with van der Waals surface area (Å²) in [6, 6.07) is 13.9. The summed E-state index contributed by atoms with van der Waals surface area (Å²) in [5.41, 5.74) is 2.18. The van der Waals surface area contributed by atoms with Gasteiger partial charge in [0.05, 0.1) is 5.56 Å². The maximum atomic E-state index is 14.7. The second kappa shape index (κ2) is 11.4. The Morgan fingerprint density at radius 2 is 1.53 bits per heavy atom. The molecule has 2 fully saturated rings. The van der Waals surface area contributed by atoms with E-state index in [2.05, 4.69) is 10.2 Å². The van der Waals surface area contributed by atoms with E-state index in [4.69, 9.17) is 4.74 Å². The minimum absolute atomic E-state index is 0.0646. The lowest BCUT2D eigenvalue weighted by atomic mass is 9.85. The number of imide groups is 1. The summed E-state index contributed by atoms with van der Waals surface area (Å²) in [6.07, 6.45) is -2.44. The minimum Gasteiger partial charge on any atom is -0.457 e. The molecule has 1 N–H and O–H groups in total. The van der Waals surface area contributed by atoms with E-state index < -0.39 is 29.5 Å². The number of amides is 3. The number of ether oxygens (including phenoxy) is 1. The van der Waals surface area contributed by atoms with Crippen molar-refractivity contribution in [3.8, 4) is 11.5 Å². The summed E-state index contributed by atoms with van der Waals surface area (Å²) in [5, 5.41) is 2.30. The number of alkyl halides is 3. The zero-order valence-corrected chi connectivity index (χ0v) is 23.1. The number of fused-ring (bicyclic) bond motifs is 1. The molecule has 1 atom stereocenters. The van der Waals surface area contributed by atoms with Gasteiger partial charge in [-0.15, -0.1) is 0 Å². The summed E-state index contributed by atoms with van der Waals surface area (Å²) < 4.78 is 58.7. The molecule has 0 saturated carbocycles. The van der Waals surface area contributed by atoms with Crippen molar-refractivity contribution >= 4 is 17.7 Å². The summed E-state index contributed by atoms with van der Waals surface area (Å²) in [5.74, 6) is -0.814. The second-order valence-corrected chi connectivity index (χ2v) is 11.2. The maximum absolute atomic E-state index is 14.7. The lowest BCUT2D eigenvalue weighted by Gasteiger charge is -2.33. The van der Waals surface area contributed by atoms with Crippen molar-refractivity contribution < 1.29 is 36.7 Å². The van der Waals surface area contributed by atoms with Crippen LogP contribution in [0.15, 0.2) is 60.7 Å². The molecule has 11 heteroatoms. The van der Waals surface area contributed by atoms with E-state index in [1.54, 1.807) is 12.1 Å². The lowest BCUT2D eigenvalue weighted by Crippen LogP contribution is -2.52. The number of nitrogens with zero attached hydrogens (tertiary/aromatic N) is 2. The molecule has 0 radical (unpaired) electrons. The second-order valence-electron chi connectivity index (χ2n) is 11.2. The van der Waals surface area contributed by atoms with E-state index in [1.165, 1.54) is 29.2 Å². The number of carbonyl (C=O) groups excluding carboxylic acids is 3. The van der Waals surface area contributed by atoms with Gasteiger partial charge in [-0.2, -0.15) is 13.2 Å². The first-order valence-electron chi connectivity index (χ1n) is 14.2. The highest BCUT2D eigenvalue weighted by Crippen LogP contribution is 2.38. The van der Waals surface area contributed by atoms with Gasteiger partial charge in [-0.25, -0.2) is 4.39 Å². The van der Waals surface area contributed by atoms with E-state index in [1.807, 2.05) is 12.1 Å². The molecule has 2 saturated heterocycles. The number of hydrogen-bond donors (Lipinski definition) is 1. The predicted octanol–water partition coefficient (Wildman–Crippen LogP) is 5.78. The summed E-state index contributed by atoms with van der Waals surface area (Å²) in [7, 11) is 0. The van der Waals surface area contributed by atoms with Crippen LogP contribution in [-0.2, 0) is 28.9 Å². The third kappa shape index (κ3) is 6.13. The normalized spacial score (nSPS) is 19.9. The Hall–Kier alpha value is -4.25. The van der Waals surface area contributed by atoms with Crippen LogP contribution in [0, 0.1) is 5.82 Å². The zero-order valence-electron chi connectivity index (χ0n) is 23.1. The van der Waals surface area contributed by atoms with Gasteiger partial charge in [-0.3, -0.25) is 24.6 Å². The number of piperidine rings is 2. The number of likely N-dealkylation sites (tertiary alicyclic amines) is 1. The third-order valence-corrected chi connectivity index (χ3v) is 8.43. The van der Waals surface area contributed by atoms with Crippen molar-refractivity contribution in [2.45, 2.75) is 56.9 Å². The monoisotopic (exact) mass is 595 g/mol. The first-order valence-corrected chi connectivity index (χ1v) is 14.2. The van der Waals surface area contributed by atoms with Gasteiger partial charge >= 0.3 is 6.18 Å². The van der Waals surface area contributed by atoms with Crippen LogP contribution in [0.5, 0.6) is 11.5 Å². The molecule has 0 aliphatic carbocycles. The molecule has 3 aliphatic rings. The average Bonchev–Trinajstić information content (AvgIpc) is 3.29. The first kappa shape index (κ1) is 28.9. The first-order chi connectivity index (χ1) is 20.5. The Kier molecular flexibility index (Phi) is 7.68. The number of rotatable bonds is 6. The van der Waals surface area contributed by atoms with E-state index in [0.29, 0.717) is 23.6 Å². The van der Waals surface area contributed by atoms with E-state index in [-0.39, 0.29) is 37.1 Å². The van der Waals surface area contributed by atoms with Crippen LogP contribution >= 0.6 is 0 Å². The molecule has 0 spiro atoms. The van der Waals surface area contributed by atoms with Gasteiger partial charge in [0.1, 0.15) is 23.4 Å². The Bertz CT molecular complexity index is 1550. The van der Waals surface area contributed by atoms with Gasteiger partial charge in [0.15, 0.2) is 0 Å². The zero-order chi connectivity index (χ0) is 30.3. The van der Waals surface area contributed by atoms with Crippen molar-refractivity contribution in [1.29, 1.82) is 0 Å².